The number of halogens is 1. The lowest BCUT2D eigenvalue weighted by Crippen LogP contribution is -2.34. The molecular formula is C10H11FO4. The molecule has 0 aromatic rings. The van der Waals surface area contributed by atoms with Crippen molar-refractivity contribution in [2.45, 2.75) is 26.1 Å². The molecule has 1 aliphatic carbocycles. The summed E-state index contributed by atoms with van der Waals surface area (Å²) in [7, 11) is 0. The molecule has 0 fully saturated rings. The summed E-state index contributed by atoms with van der Waals surface area (Å²) >= 11 is 0. The highest BCUT2D eigenvalue weighted by molar-refractivity contribution is 5.68. The van der Waals surface area contributed by atoms with E-state index in [-0.39, 0.29) is 0 Å². The van der Waals surface area contributed by atoms with E-state index in [4.69, 9.17) is 9.47 Å². The highest BCUT2D eigenvalue weighted by atomic mass is 19.1. The van der Waals surface area contributed by atoms with E-state index >= 15 is 0 Å². The first-order valence-corrected chi connectivity index (χ1v) is 4.39. The van der Waals surface area contributed by atoms with Gasteiger partial charge in [-0.25, -0.2) is 4.39 Å². The average molecular weight is 214 g/mol. The zero-order valence-corrected chi connectivity index (χ0v) is 8.40. The van der Waals surface area contributed by atoms with Crippen LogP contribution >= 0.6 is 0 Å². The highest BCUT2D eigenvalue weighted by Gasteiger charge is 2.30. The lowest BCUT2D eigenvalue weighted by atomic mass is 10.1. The van der Waals surface area contributed by atoms with Gasteiger partial charge in [-0.05, 0) is 12.2 Å². The molecule has 0 radical (unpaired) electrons. The van der Waals surface area contributed by atoms with Gasteiger partial charge in [0.2, 0.25) is 0 Å². The van der Waals surface area contributed by atoms with E-state index in [1.165, 1.54) is 19.1 Å². The Labute approximate surface area is 86.4 Å². The Morgan fingerprint density at radius 2 is 1.87 bits per heavy atom. The summed E-state index contributed by atoms with van der Waals surface area (Å²) in [5.41, 5.74) is 0. The molecule has 0 amide bonds. The van der Waals surface area contributed by atoms with Crippen LogP contribution in [0.4, 0.5) is 4.39 Å². The minimum absolute atomic E-state index is 0.559. The molecule has 1 rings (SSSR count). The second kappa shape index (κ2) is 4.72. The normalized spacial score (nSPS) is 24.3. The Balaban J connectivity index is 2.76. The van der Waals surface area contributed by atoms with Gasteiger partial charge in [-0.3, -0.25) is 9.59 Å². The van der Waals surface area contributed by atoms with Crippen molar-refractivity contribution in [1.29, 1.82) is 0 Å². The maximum Gasteiger partial charge on any atom is 0.303 e. The second-order valence-electron chi connectivity index (χ2n) is 3.04. The zero-order chi connectivity index (χ0) is 11.4. The summed E-state index contributed by atoms with van der Waals surface area (Å²) in [6.07, 6.45) is 1.96. The molecule has 0 spiro atoms. The fourth-order valence-corrected chi connectivity index (χ4v) is 1.20. The number of ether oxygens (including phenoxy) is 2. The summed E-state index contributed by atoms with van der Waals surface area (Å²) in [4.78, 5) is 21.4. The number of allylic oxidation sites excluding steroid dienone is 2. The van der Waals surface area contributed by atoms with Gasteiger partial charge in [0, 0.05) is 13.8 Å². The Morgan fingerprint density at radius 1 is 1.27 bits per heavy atom. The van der Waals surface area contributed by atoms with E-state index in [0.717, 1.165) is 13.0 Å². The van der Waals surface area contributed by atoms with Crippen LogP contribution in [0.2, 0.25) is 0 Å². The molecule has 0 saturated carbocycles. The molecule has 5 heteroatoms. The van der Waals surface area contributed by atoms with Gasteiger partial charge in [-0.2, -0.15) is 0 Å². The molecule has 0 bridgehead atoms. The molecular weight excluding hydrogens is 203 g/mol. The van der Waals surface area contributed by atoms with Crippen LogP contribution < -0.4 is 0 Å². The van der Waals surface area contributed by atoms with Gasteiger partial charge in [0.15, 0.2) is 12.2 Å². The van der Waals surface area contributed by atoms with Crippen molar-refractivity contribution < 1.29 is 23.5 Å². The molecule has 0 unspecified atom stereocenters. The summed E-state index contributed by atoms with van der Waals surface area (Å²) in [5.74, 6) is -1.83. The molecule has 15 heavy (non-hydrogen) atoms. The van der Waals surface area contributed by atoms with Crippen LogP contribution in [-0.4, -0.2) is 24.1 Å². The first-order valence-electron chi connectivity index (χ1n) is 4.39. The Bertz CT molecular complexity index is 332. The maximum atomic E-state index is 13.3. The third-order valence-electron chi connectivity index (χ3n) is 1.72. The lowest BCUT2D eigenvalue weighted by molar-refractivity contribution is -0.160. The van der Waals surface area contributed by atoms with Crippen molar-refractivity contribution in [3.05, 3.63) is 24.1 Å². The Morgan fingerprint density at radius 3 is 2.40 bits per heavy atom. The van der Waals surface area contributed by atoms with Gasteiger partial charge < -0.3 is 9.47 Å². The largest absolute Gasteiger partial charge is 0.454 e. The topological polar surface area (TPSA) is 52.6 Å². The van der Waals surface area contributed by atoms with E-state index < -0.39 is 30.0 Å². The smallest absolute Gasteiger partial charge is 0.303 e. The first-order chi connectivity index (χ1) is 7.00. The lowest BCUT2D eigenvalue weighted by Gasteiger charge is -2.24. The molecule has 0 N–H and O–H groups in total. The second-order valence-corrected chi connectivity index (χ2v) is 3.04. The fourth-order valence-electron chi connectivity index (χ4n) is 1.20. The molecule has 0 aromatic carbocycles. The van der Waals surface area contributed by atoms with Crippen molar-refractivity contribution >= 4 is 11.9 Å². The quantitative estimate of drug-likeness (QED) is 0.649. The summed E-state index contributed by atoms with van der Waals surface area (Å²) in [6, 6.07) is 0. The van der Waals surface area contributed by atoms with Crippen molar-refractivity contribution in [2.75, 3.05) is 0 Å². The standard InChI is InChI=1S/C10H11FO4/c1-6(12)14-9-5-3-4-8(11)10(9)15-7(2)13/h3-5,9-10H,1-2H3/t9-,10+/m0/s1. The van der Waals surface area contributed by atoms with Crippen molar-refractivity contribution in [3.8, 4) is 0 Å². The minimum Gasteiger partial charge on any atom is -0.454 e. The van der Waals surface area contributed by atoms with E-state index in [1.807, 2.05) is 0 Å². The zero-order valence-electron chi connectivity index (χ0n) is 8.40. The number of carbonyl (C=O) groups is 2. The molecule has 2 atom stereocenters. The molecule has 0 saturated heterocycles. The van der Waals surface area contributed by atoms with Gasteiger partial charge in [0.05, 0.1) is 0 Å². The third-order valence-corrected chi connectivity index (χ3v) is 1.72. The Kier molecular flexibility index (Phi) is 3.60. The van der Waals surface area contributed by atoms with E-state index in [0.29, 0.717) is 0 Å². The number of rotatable bonds is 2. The number of esters is 2. The SMILES string of the molecule is CC(=O)O[C@H]1C=CC=C(F)[C@H]1OC(C)=O. The Hall–Kier alpha value is -1.65. The molecule has 0 aliphatic heterocycles. The number of hydrogen-bond donors (Lipinski definition) is 0. The van der Waals surface area contributed by atoms with E-state index in [9.17, 15) is 14.0 Å². The number of carbonyl (C=O) groups excluding carboxylic acids is 2. The molecule has 82 valence electrons. The first kappa shape index (κ1) is 11.4. The molecule has 4 nitrogen and oxygen atoms in total. The molecule has 0 heterocycles. The van der Waals surface area contributed by atoms with Gasteiger partial charge >= 0.3 is 11.9 Å². The minimum atomic E-state index is -1.17. The van der Waals surface area contributed by atoms with Crippen LogP contribution in [0.3, 0.4) is 0 Å². The van der Waals surface area contributed by atoms with Crippen molar-refractivity contribution in [1.82, 2.24) is 0 Å². The fraction of sp³-hybridized carbons (Fsp3) is 0.400. The van der Waals surface area contributed by atoms with Gasteiger partial charge in [0.25, 0.3) is 0 Å². The third kappa shape index (κ3) is 3.19. The van der Waals surface area contributed by atoms with Gasteiger partial charge in [-0.15, -0.1) is 0 Å². The summed E-state index contributed by atoms with van der Waals surface area (Å²) < 4.78 is 22.7. The van der Waals surface area contributed by atoms with Crippen LogP contribution in [0, 0.1) is 0 Å². The van der Waals surface area contributed by atoms with Crippen LogP contribution in [0.25, 0.3) is 0 Å². The van der Waals surface area contributed by atoms with Crippen LogP contribution in [0.1, 0.15) is 13.8 Å². The predicted molar refractivity (Wildman–Crippen MR) is 49.4 cm³/mol. The van der Waals surface area contributed by atoms with Crippen LogP contribution in [0.5, 0.6) is 0 Å². The van der Waals surface area contributed by atoms with E-state index in [2.05, 4.69) is 0 Å². The van der Waals surface area contributed by atoms with Crippen molar-refractivity contribution in [2.24, 2.45) is 0 Å². The van der Waals surface area contributed by atoms with Crippen LogP contribution in [-0.2, 0) is 19.1 Å². The summed E-state index contributed by atoms with van der Waals surface area (Å²) in [6.45, 7) is 2.37. The predicted octanol–water partition coefficient (Wildman–Crippen LogP) is 1.27. The average Bonchev–Trinajstić information content (AvgIpc) is 2.09. The number of hydrogen-bond acceptors (Lipinski definition) is 4. The van der Waals surface area contributed by atoms with Crippen LogP contribution in [0.15, 0.2) is 24.1 Å². The molecule has 0 aromatic heterocycles. The van der Waals surface area contributed by atoms with Crippen molar-refractivity contribution in [3.63, 3.8) is 0 Å². The highest BCUT2D eigenvalue weighted by Crippen LogP contribution is 2.21. The van der Waals surface area contributed by atoms with Gasteiger partial charge in [0.1, 0.15) is 5.83 Å². The monoisotopic (exact) mass is 214 g/mol. The van der Waals surface area contributed by atoms with E-state index in [1.54, 1.807) is 0 Å². The summed E-state index contributed by atoms with van der Waals surface area (Å²) in [5, 5.41) is 0. The maximum absolute atomic E-state index is 13.3. The molecule has 1 aliphatic rings. The van der Waals surface area contributed by atoms with Gasteiger partial charge in [-0.1, -0.05) is 6.08 Å².